The zero-order valence-electron chi connectivity index (χ0n) is 11.8. The summed E-state index contributed by atoms with van der Waals surface area (Å²) in [7, 11) is 1.83. The van der Waals surface area contributed by atoms with Crippen LogP contribution in [0.3, 0.4) is 0 Å². The third kappa shape index (κ3) is 3.90. The van der Waals surface area contributed by atoms with Crippen LogP contribution in [0.1, 0.15) is 40.4 Å². The molecule has 0 saturated carbocycles. The van der Waals surface area contributed by atoms with E-state index >= 15 is 0 Å². The molecule has 0 aliphatic carbocycles. The van der Waals surface area contributed by atoms with Crippen molar-refractivity contribution in [3.63, 3.8) is 0 Å². The minimum atomic E-state index is -0.228. The average molecular weight is 304 g/mol. The van der Waals surface area contributed by atoms with Gasteiger partial charge in [0.2, 0.25) is 0 Å². The highest BCUT2D eigenvalue weighted by atomic mass is 32.1. The van der Waals surface area contributed by atoms with E-state index in [1.165, 1.54) is 11.3 Å². The largest absolute Gasteiger partial charge is 0.395 e. The van der Waals surface area contributed by atoms with E-state index in [2.05, 4.69) is 27.4 Å². The highest BCUT2D eigenvalue weighted by molar-refractivity contribution is 7.10. The zero-order valence-corrected chi connectivity index (χ0v) is 12.6. The molecular formula is C14H16N4O2S. The molecule has 1 amide bonds. The van der Waals surface area contributed by atoms with Crippen LogP contribution in [0.15, 0.2) is 17.8 Å². The Hall–Kier alpha value is -2.17. The lowest BCUT2D eigenvalue weighted by molar-refractivity contribution is 0.0938. The van der Waals surface area contributed by atoms with E-state index in [0.717, 1.165) is 4.88 Å². The minimum Gasteiger partial charge on any atom is -0.395 e. The van der Waals surface area contributed by atoms with Gasteiger partial charge in [-0.25, -0.2) is 0 Å². The van der Waals surface area contributed by atoms with Gasteiger partial charge in [0.1, 0.15) is 6.33 Å². The maximum Gasteiger partial charge on any atom is 0.252 e. The first kappa shape index (κ1) is 15.2. The Labute approximate surface area is 126 Å². The van der Waals surface area contributed by atoms with Gasteiger partial charge < -0.3 is 15.0 Å². The van der Waals surface area contributed by atoms with E-state index < -0.39 is 0 Å². The van der Waals surface area contributed by atoms with Gasteiger partial charge in [0, 0.05) is 18.8 Å². The second-order valence-electron chi connectivity index (χ2n) is 4.47. The van der Waals surface area contributed by atoms with Crippen molar-refractivity contribution in [1.29, 1.82) is 0 Å². The predicted molar refractivity (Wildman–Crippen MR) is 79.8 cm³/mol. The van der Waals surface area contributed by atoms with Gasteiger partial charge >= 0.3 is 0 Å². The monoisotopic (exact) mass is 304 g/mol. The van der Waals surface area contributed by atoms with Gasteiger partial charge in [-0.2, -0.15) is 0 Å². The standard InChI is InChI=1S/C14H16N4O2S/c1-10(13-17-15-9-18(13)2)16-14(20)11-7-12(21-8-11)5-3-4-6-19/h7-10,19H,4,6H2,1-2H3,(H,16,20). The van der Waals surface area contributed by atoms with Crippen molar-refractivity contribution in [3.05, 3.63) is 34.0 Å². The van der Waals surface area contributed by atoms with Gasteiger partial charge in [0.25, 0.3) is 5.91 Å². The van der Waals surface area contributed by atoms with E-state index in [4.69, 9.17) is 5.11 Å². The summed E-state index contributed by atoms with van der Waals surface area (Å²) in [6, 6.07) is 1.52. The van der Waals surface area contributed by atoms with Crippen molar-refractivity contribution in [2.75, 3.05) is 6.61 Å². The Kier molecular flexibility index (Phi) is 5.09. The van der Waals surface area contributed by atoms with Gasteiger partial charge in [-0.3, -0.25) is 4.79 Å². The maximum atomic E-state index is 12.2. The number of hydrogen-bond donors (Lipinski definition) is 2. The van der Waals surface area contributed by atoms with E-state index in [1.54, 1.807) is 22.3 Å². The van der Waals surface area contributed by atoms with Gasteiger partial charge in [-0.1, -0.05) is 11.8 Å². The van der Waals surface area contributed by atoms with Crippen molar-refractivity contribution < 1.29 is 9.90 Å². The molecule has 6 nitrogen and oxygen atoms in total. The summed E-state index contributed by atoms with van der Waals surface area (Å²) in [4.78, 5) is 13.0. The molecule has 0 aliphatic heterocycles. The molecule has 0 radical (unpaired) electrons. The summed E-state index contributed by atoms with van der Waals surface area (Å²) in [5.41, 5.74) is 0.572. The Balaban J connectivity index is 2.01. The Morgan fingerprint density at radius 3 is 3.10 bits per heavy atom. The molecule has 21 heavy (non-hydrogen) atoms. The zero-order chi connectivity index (χ0) is 15.2. The molecule has 1 atom stereocenters. The quantitative estimate of drug-likeness (QED) is 0.829. The summed E-state index contributed by atoms with van der Waals surface area (Å²) in [5.74, 6) is 6.27. The first-order valence-corrected chi connectivity index (χ1v) is 7.32. The van der Waals surface area contributed by atoms with E-state index in [-0.39, 0.29) is 18.6 Å². The molecule has 0 bridgehead atoms. The van der Waals surface area contributed by atoms with Crippen LogP contribution in [0.25, 0.3) is 0 Å². The first-order valence-electron chi connectivity index (χ1n) is 6.45. The van der Waals surface area contributed by atoms with Crippen LogP contribution in [-0.2, 0) is 7.05 Å². The number of thiophene rings is 1. The fraction of sp³-hybridized carbons (Fsp3) is 0.357. The number of carbonyl (C=O) groups excluding carboxylic acids is 1. The smallest absolute Gasteiger partial charge is 0.252 e. The molecule has 110 valence electrons. The second kappa shape index (κ2) is 7.02. The van der Waals surface area contributed by atoms with Crippen LogP contribution in [-0.4, -0.2) is 32.4 Å². The molecule has 0 aliphatic rings. The lowest BCUT2D eigenvalue weighted by Crippen LogP contribution is -2.28. The minimum absolute atomic E-state index is 0.0426. The molecule has 0 spiro atoms. The second-order valence-corrected chi connectivity index (χ2v) is 5.38. The highest BCUT2D eigenvalue weighted by Gasteiger charge is 2.16. The van der Waals surface area contributed by atoms with Gasteiger partial charge in [-0.05, 0) is 13.0 Å². The molecular weight excluding hydrogens is 288 g/mol. The molecule has 0 aromatic carbocycles. The topological polar surface area (TPSA) is 80.0 Å². The number of aryl methyl sites for hydroxylation is 1. The maximum absolute atomic E-state index is 12.2. The molecule has 7 heteroatoms. The number of hydrogen-bond acceptors (Lipinski definition) is 5. The third-order valence-electron chi connectivity index (χ3n) is 2.79. The predicted octanol–water partition coefficient (Wildman–Crippen LogP) is 1.10. The molecule has 2 aromatic heterocycles. The molecule has 2 N–H and O–H groups in total. The number of carbonyl (C=O) groups is 1. The Bertz CT molecular complexity index is 680. The van der Waals surface area contributed by atoms with Gasteiger partial charge in [0.15, 0.2) is 5.82 Å². The highest BCUT2D eigenvalue weighted by Crippen LogP contribution is 2.15. The number of aliphatic hydroxyl groups is 1. The molecule has 2 rings (SSSR count). The van der Waals surface area contributed by atoms with Crippen LogP contribution < -0.4 is 5.32 Å². The van der Waals surface area contributed by atoms with Crippen molar-refractivity contribution in [3.8, 4) is 11.8 Å². The normalized spacial score (nSPS) is 11.6. The summed E-state index contributed by atoms with van der Waals surface area (Å²) < 4.78 is 1.77. The molecule has 2 aromatic rings. The molecule has 0 saturated heterocycles. The van der Waals surface area contributed by atoms with Crippen LogP contribution in [0.4, 0.5) is 0 Å². The van der Waals surface area contributed by atoms with Crippen LogP contribution >= 0.6 is 11.3 Å². The Morgan fingerprint density at radius 2 is 2.43 bits per heavy atom. The number of nitrogens with zero attached hydrogens (tertiary/aromatic N) is 3. The average Bonchev–Trinajstić information content (AvgIpc) is 3.08. The summed E-state index contributed by atoms with van der Waals surface area (Å²) >= 11 is 1.41. The number of nitrogens with one attached hydrogen (secondary N) is 1. The van der Waals surface area contributed by atoms with Crippen LogP contribution in [0.2, 0.25) is 0 Å². The van der Waals surface area contributed by atoms with Crippen molar-refractivity contribution in [1.82, 2.24) is 20.1 Å². The first-order chi connectivity index (χ1) is 10.1. The van der Waals surface area contributed by atoms with Crippen LogP contribution in [0, 0.1) is 11.8 Å². The fourth-order valence-corrected chi connectivity index (χ4v) is 2.51. The van der Waals surface area contributed by atoms with E-state index in [9.17, 15) is 4.79 Å². The van der Waals surface area contributed by atoms with E-state index in [0.29, 0.717) is 17.8 Å². The summed E-state index contributed by atoms with van der Waals surface area (Å²) in [6.45, 7) is 1.90. The van der Waals surface area contributed by atoms with Crippen molar-refractivity contribution in [2.45, 2.75) is 19.4 Å². The SMILES string of the molecule is CC(NC(=O)c1csc(C#CCCO)c1)c1nncn1C. The lowest BCUT2D eigenvalue weighted by Gasteiger charge is -2.12. The van der Waals surface area contributed by atoms with Crippen molar-refractivity contribution in [2.24, 2.45) is 7.05 Å². The summed E-state index contributed by atoms with van der Waals surface area (Å²) in [6.07, 6.45) is 2.03. The molecule has 2 heterocycles. The summed E-state index contributed by atoms with van der Waals surface area (Å²) in [5, 5.41) is 21.1. The van der Waals surface area contributed by atoms with Crippen LogP contribution in [0.5, 0.6) is 0 Å². The lowest BCUT2D eigenvalue weighted by atomic mass is 10.2. The number of rotatable bonds is 4. The van der Waals surface area contributed by atoms with E-state index in [1.807, 2.05) is 14.0 Å². The fourth-order valence-electron chi connectivity index (χ4n) is 1.76. The Morgan fingerprint density at radius 1 is 1.62 bits per heavy atom. The van der Waals surface area contributed by atoms with Crippen molar-refractivity contribution >= 4 is 17.2 Å². The number of amides is 1. The molecule has 1 unspecified atom stereocenters. The molecule has 0 fully saturated rings. The third-order valence-corrected chi connectivity index (χ3v) is 3.64. The van der Waals surface area contributed by atoms with Gasteiger partial charge in [-0.15, -0.1) is 21.5 Å². The van der Waals surface area contributed by atoms with Gasteiger partial charge in [0.05, 0.1) is 23.1 Å². The number of aromatic nitrogens is 3. The number of aliphatic hydroxyl groups excluding tert-OH is 1.